The number of benzene rings is 1. The minimum Gasteiger partial charge on any atom is -0.456 e. The summed E-state index contributed by atoms with van der Waals surface area (Å²) >= 11 is 3.30. The van der Waals surface area contributed by atoms with E-state index in [1.807, 2.05) is 12.2 Å². The third-order valence-electron chi connectivity index (χ3n) is 6.17. The van der Waals surface area contributed by atoms with Crippen LogP contribution in [-0.2, 0) is 19.1 Å². The van der Waals surface area contributed by atoms with Crippen LogP contribution in [0.2, 0.25) is 0 Å². The van der Waals surface area contributed by atoms with Crippen molar-refractivity contribution in [2.75, 3.05) is 6.61 Å². The van der Waals surface area contributed by atoms with Gasteiger partial charge in [0.25, 0.3) is 0 Å². The van der Waals surface area contributed by atoms with Crippen LogP contribution in [0.5, 0.6) is 0 Å². The van der Waals surface area contributed by atoms with Crippen molar-refractivity contribution < 1.29 is 23.9 Å². The van der Waals surface area contributed by atoms with Gasteiger partial charge >= 0.3 is 5.97 Å². The second-order valence-corrected chi connectivity index (χ2v) is 9.19. The van der Waals surface area contributed by atoms with Crippen LogP contribution >= 0.6 is 15.9 Å². The maximum atomic E-state index is 13.0. The van der Waals surface area contributed by atoms with Gasteiger partial charge in [0.1, 0.15) is 6.04 Å². The first-order chi connectivity index (χ1) is 13.8. The predicted octanol–water partition coefficient (Wildman–Crippen LogP) is 3.01. The van der Waals surface area contributed by atoms with E-state index in [0.717, 1.165) is 15.8 Å². The molecule has 6 nitrogen and oxygen atoms in total. The zero-order chi connectivity index (χ0) is 20.9. The summed E-state index contributed by atoms with van der Waals surface area (Å²) in [5, 5.41) is 0. The van der Waals surface area contributed by atoms with Crippen LogP contribution in [0.4, 0.5) is 0 Å². The van der Waals surface area contributed by atoms with Crippen molar-refractivity contribution in [1.82, 2.24) is 4.90 Å². The molecule has 0 aromatic heterocycles. The largest absolute Gasteiger partial charge is 0.456 e. The van der Waals surface area contributed by atoms with Crippen molar-refractivity contribution in [3.8, 4) is 0 Å². The Morgan fingerprint density at radius 2 is 1.62 bits per heavy atom. The Morgan fingerprint density at radius 1 is 1.07 bits per heavy atom. The van der Waals surface area contributed by atoms with E-state index < -0.39 is 18.6 Å². The summed E-state index contributed by atoms with van der Waals surface area (Å²) in [6.45, 7) is 3.10. The fourth-order valence-corrected chi connectivity index (χ4v) is 5.08. The molecule has 2 amide bonds. The topological polar surface area (TPSA) is 80.8 Å². The fourth-order valence-electron chi connectivity index (χ4n) is 4.82. The average Bonchev–Trinajstić information content (AvgIpc) is 3.36. The third-order valence-corrected chi connectivity index (χ3v) is 6.70. The second-order valence-electron chi connectivity index (χ2n) is 8.27. The van der Waals surface area contributed by atoms with Crippen molar-refractivity contribution >= 4 is 39.5 Å². The number of carbonyl (C=O) groups excluding carboxylic acids is 4. The molecule has 1 aromatic carbocycles. The fraction of sp³-hybridized carbons (Fsp3) is 0.455. The number of likely N-dealkylation sites (tertiary alicyclic amines) is 1. The van der Waals surface area contributed by atoms with E-state index in [-0.39, 0.29) is 47.2 Å². The molecule has 1 saturated heterocycles. The van der Waals surface area contributed by atoms with Gasteiger partial charge in [-0.2, -0.15) is 0 Å². The van der Waals surface area contributed by atoms with Crippen LogP contribution in [-0.4, -0.2) is 41.1 Å². The quantitative estimate of drug-likeness (QED) is 0.282. The van der Waals surface area contributed by atoms with Gasteiger partial charge in [0.15, 0.2) is 12.4 Å². The SMILES string of the molecule is CC(C)[C@@H](C(=O)OCC(=O)c1ccc(Br)cc1)N1C(=O)[C@@H]2[C@H](C1=O)[C@H]1C=C[C@@H]2C1. The molecule has 3 aliphatic rings. The molecule has 0 unspecified atom stereocenters. The molecule has 152 valence electrons. The molecule has 29 heavy (non-hydrogen) atoms. The van der Waals surface area contributed by atoms with E-state index in [9.17, 15) is 19.2 Å². The lowest BCUT2D eigenvalue weighted by atomic mass is 9.85. The molecular formula is C22H22BrNO5. The number of fused-ring (bicyclic) bond motifs is 5. The number of ketones is 1. The first-order valence-corrected chi connectivity index (χ1v) is 10.6. The molecular weight excluding hydrogens is 438 g/mol. The van der Waals surface area contributed by atoms with Crippen molar-refractivity contribution in [2.45, 2.75) is 26.3 Å². The Morgan fingerprint density at radius 3 is 2.14 bits per heavy atom. The number of ether oxygens (including phenoxy) is 1. The summed E-state index contributed by atoms with van der Waals surface area (Å²) in [6, 6.07) is 5.72. The molecule has 2 bridgehead atoms. The lowest BCUT2D eigenvalue weighted by molar-refractivity contribution is -0.160. The van der Waals surface area contributed by atoms with E-state index in [4.69, 9.17) is 4.74 Å². The number of imide groups is 1. The highest BCUT2D eigenvalue weighted by Gasteiger charge is 2.61. The highest BCUT2D eigenvalue weighted by atomic mass is 79.9. The standard InChI is InChI=1S/C22H22BrNO5/c1-11(2)19(22(28)29-10-16(25)12-5-7-15(23)8-6-12)24-20(26)17-13-3-4-14(9-13)18(17)21(24)27/h3-8,11,13-14,17-19H,9-10H2,1-2H3/t13-,14+,17+,18-,19-/m0/s1. The molecule has 1 aliphatic heterocycles. The van der Waals surface area contributed by atoms with Crippen molar-refractivity contribution in [1.29, 1.82) is 0 Å². The van der Waals surface area contributed by atoms with Crippen molar-refractivity contribution in [3.63, 3.8) is 0 Å². The Bertz CT molecular complexity index is 876. The maximum Gasteiger partial charge on any atom is 0.330 e. The zero-order valence-corrected chi connectivity index (χ0v) is 17.8. The number of halogens is 1. The monoisotopic (exact) mass is 459 g/mol. The highest BCUT2D eigenvalue weighted by Crippen LogP contribution is 2.53. The van der Waals surface area contributed by atoms with Crippen LogP contribution in [0.1, 0.15) is 30.6 Å². The molecule has 1 heterocycles. The van der Waals surface area contributed by atoms with Gasteiger partial charge in [0.2, 0.25) is 11.8 Å². The molecule has 1 aromatic rings. The molecule has 5 atom stereocenters. The molecule has 4 rings (SSSR count). The first kappa shape index (κ1) is 20.0. The molecule has 0 radical (unpaired) electrons. The first-order valence-electron chi connectivity index (χ1n) is 9.80. The summed E-state index contributed by atoms with van der Waals surface area (Å²) in [5.74, 6) is -2.52. The third kappa shape index (κ3) is 3.35. The number of hydrogen-bond donors (Lipinski definition) is 0. The Labute approximate surface area is 177 Å². The average molecular weight is 460 g/mol. The number of rotatable bonds is 6. The zero-order valence-electron chi connectivity index (χ0n) is 16.2. The number of esters is 1. The number of Topliss-reactive ketones (excluding diaryl/α,β-unsaturated/α-hetero) is 1. The second kappa shape index (κ2) is 7.52. The summed E-state index contributed by atoms with van der Waals surface area (Å²) in [6.07, 6.45) is 4.86. The maximum absolute atomic E-state index is 13.0. The van der Waals surface area contributed by atoms with Gasteiger partial charge in [-0.25, -0.2) is 4.79 Å². The smallest absolute Gasteiger partial charge is 0.330 e. The van der Waals surface area contributed by atoms with Gasteiger partial charge in [-0.1, -0.05) is 54.1 Å². The van der Waals surface area contributed by atoms with Crippen LogP contribution in [0.3, 0.4) is 0 Å². The Balaban J connectivity index is 1.47. The van der Waals surface area contributed by atoms with E-state index in [2.05, 4.69) is 15.9 Å². The van der Waals surface area contributed by atoms with E-state index in [1.54, 1.807) is 38.1 Å². The molecule has 0 spiro atoms. The minimum atomic E-state index is -1.02. The summed E-state index contributed by atoms with van der Waals surface area (Å²) < 4.78 is 6.09. The minimum absolute atomic E-state index is 0.0780. The number of nitrogens with zero attached hydrogens (tertiary/aromatic N) is 1. The van der Waals surface area contributed by atoms with Crippen LogP contribution in [0.15, 0.2) is 40.9 Å². The van der Waals surface area contributed by atoms with Gasteiger partial charge in [0.05, 0.1) is 11.8 Å². The predicted molar refractivity (Wildman–Crippen MR) is 108 cm³/mol. The summed E-state index contributed by atoms with van der Waals surface area (Å²) in [7, 11) is 0. The van der Waals surface area contributed by atoms with Crippen LogP contribution in [0.25, 0.3) is 0 Å². The molecule has 1 saturated carbocycles. The number of carbonyl (C=O) groups is 4. The number of allylic oxidation sites excluding steroid dienone is 2. The Kier molecular flexibility index (Phi) is 5.19. The van der Waals surface area contributed by atoms with E-state index in [1.165, 1.54) is 0 Å². The molecule has 0 N–H and O–H groups in total. The van der Waals surface area contributed by atoms with Gasteiger partial charge in [-0.15, -0.1) is 0 Å². The summed E-state index contributed by atoms with van der Waals surface area (Å²) in [5.41, 5.74) is 0.424. The number of amides is 2. The van der Waals surface area contributed by atoms with Crippen LogP contribution in [0, 0.1) is 29.6 Å². The van der Waals surface area contributed by atoms with Gasteiger partial charge in [0, 0.05) is 10.0 Å². The van der Waals surface area contributed by atoms with Gasteiger partial charge < -0.3 is 4.74 Å². The van der Waals surface area contributed by atoms with E-state index >= 15 is 0 Å². The molecule has 2 fully saturated rings. The van der Waals surface area contributed by atoms with Crippen molar-refractivity contribution in [2.24, 2.45) is 29.6 Å². The Hall–Kier alpha value is -2.28. The van der Waals surface area contributed by atoms with Gasteiger partial charge in [-0.05, 0) is 36.3 Å². The molecule has 2 aliphatic carbocycles. The normalized spacial score (nSPS) is 28.2. The van der Waals surface area contributed by atoms with E-state index in [0.29, 0.717) is 5.56 Å². The summed E-state index contributed by atoms with van der Waals surface area (Å²) in [4.78, 5) is 52.3. The lowest BCUT2D eigenvalue weighted by Crippen LogP contribution is -2.50. The van der Waals surface area contributed by atoms with Crippen LogP contribution < -0.4 is 0 Å². The molecule has 7 heteroatoms. The highest BCUT2D eigenvalue weighted by molar-refractivity contribution is 9.10. The number of hydrogen-bond acceptors (Lipinski definition) is 5. The lowest BCUT2D eigenvalue weighted by Gasteiger charge is -2.28. The van der Waals surface area contributed by atoms with Gasteiger partial charge in [-0.3, -0.25) is 19.3 Å². The van der Waals surface area contributed by atoms with Crippen molar-refractivity contribution in [3.05, 3.63) is 46.5 Å².